The third kappa shape index (κ3) is 3.22. The number of hydrogen-bond donors (Lipinski definition) is 3. The Bertz CT molecular complexity index is 521. The van der Waals surface area contributed by atoms with E-state index in [9.17, 15) is 13.6 Å². The summed E-state index contributed by atoms with van der Waals surface area (Å²) < 4.78 is 26.0. The topological polar surface area (TPSA) is 82.5 Å². The Hall–Kier alpha value is -1.76. The minimum absolute atomic E-state index is 0.0636. The minimum Gasteiger partial charge on any atom is -0.478 e. The number of aliphatic hydroxyl groups excluding tert-OH is 1. The van der Waals surface area contributed by atoms with Gasteiger partial charge in [-0.05, 0) is 37.3 Å². The molecule has 0 aliphatic heterocycles. The van der Waals surface area contributed by atoms with E-state index in [1.165, 1.54) is 6.07 Å². The van der Waals surface area contributed by atoms with E-state index in [1.54, 1.807) is 0 Å². The maximum atomic E-state index is 13.0. The molecule has 20 heavy (non-hydrogen) atoms. The van der Waals surface area contributed by atoms with Crippen molar-refractivity contribution in [2.45, 2.75) is 31.6 Å². The Balaban J connectivity index is 2.28. The standard InChI is InChI=1S/C13H16F2N2O3/c14-13(15,7-18)6-16-11-9(12(19)20)5-8-3-1-2-4-10(8)17-11/h5,18H,1-4,6-7H2,(H,16,17)(H,19,20). The molecule has 0 saturated carbocycles. The molecule has 0 radical (unpaired) electrons. The number of nitrogens with one attached hydrogen (secondary N) is 1. The molecule has 1 aliphatic carbocycles. The molecule has 0 atom stereocenters. The van der Waals surface area contributed by atoms with Gasteiger partial charge in [-0.1, -0.05) is 0 Å². The van der Waals surface area contributed by atoms with Crippen LogP contribution in [0.25, 0.3) is 0 Å². The van der Waals surface area contributed by atoms with Gasteiger partial charge >= 0.3 is 5.97 Å². The van der Waals surface area contributed by atoms with E-state index in [-0.39, 0.29) is 11.4 Å². The van der Waals surface area contributed by atoms with Gasteiger partial charge in [0.25, 0.3) is 5.92 Å². The lowest BCUT2D eigenvalue weighted by molar-refractivity contribution is -0.0373. The molecular formula is C13H16F2N2O3. The molecule has 0 bridgehead atoms. The summed E-state index contributed by atoms with van der Waals surface area (Å²) in [6, 6.07) is 1.50. The van der Waals surface area contributed by atoms with Gasteiger partial charge in [-0.15, -0.1) is 0 Å². The highest BCUT2D eigenvalue weighted by molar-refractivity contribution is 5.93. The fraction of sp³-hybridized carbons (Fsp3) is 0.538. The van der Waals surface area contributed by atoms with Crippen LogP contribution in [0.5, 0.6) is 0 Å². The monoisotopic (exact) mass is 286 g/mol. The molecule has 5 nitrogen and oxygen atoms in total. The van der Waals surface area contributed by atoms with E-state index >= 15 is 0 Å². The average Bonchev–Trinajstić information content (AvgIpc) is 2.44. The van der Waals surface area contributed by atoms with E-state index in [4.69, 9.17) is 10.2 Å². The number of aryl methyl sites for hydroxylation is 2. The summed E-state index contributed by atoms with van der Waals surface area (Å²) in [5.41, 5.74) is 1.52. The largest absolute Gasteiger partial charge is 0.478 e. The highest BCUT2D eigenvalue weighted by Gasteiger charge is 2.28. The van der Waals surface area contributed by atoms with Gasteiger partial charge in [0.1, 0.15) is 18.0 Å². The Morgan fingerprint density at radius 2 is 2.10 bits per heavy atom. The van der Waals surface area contributed by atoms with E-state index < -0.39 is 25.0 Å². The molecule has 2 rings (SSSR count). The summed E-state index contributed by atoms with van der Waals surface area (Å²) in [4.78, 5) is 15.3. The summed E-state index contributed by atoms with van der Waals surface area (Å²) in [5, 5.41) is 20.0. The van der Waals surface area contributed by atoms with Crippen molar-refractivity contribution in [2.24, 2.45) is 0 Å². The second-order valence-corrected chi connectivity index (χ2v) is 4.87. The van der Waals surface area contributed by atoms with Crippen LogP contribution in [0.4, 0.5) is 14.6 Å². The lowest BCUT2D eigenvalue weighted by Crippen LogP contribution is -2.32. The van der Waals surface area contributed by atoms with Crippen molar-refractivity contribution in [3.05, 3.63) is 22.9 Å². The number of pyridine rings is 1. The molecule has 7 heteroatoms. The van der Waals surface area contributed by atoms with Crippen molar-refractivity contribution in [3.63, 3.8) is 0 Å². The lowest BCUT2D eigenvalue weighted by Gasteiger charge is -2.20. The number of halogens is 2. The second-order valence-electron chi connectivity index (χ2n) is 4.87. The van der Waals surface area contributed by atoms with E-state index in [0.29, 0.717) is 0 Å². The molecule has 0 unspecified atom stereocenters. The smallest absolute Gasteiger partial charge is 0.339 e. The Labute approximate surface area is 114 Å². The first-order chi connectivity index (χ1) is 9.43. The molecule has 1 aliphatic rings. The number of aromatic nitrogens is 1. The Morgan fingerprint density at radius 3 is 2.75 bits per heavy atom. The van der Waals surface area contributed by atoms with Gasteiger partial charge in [0, 0.05) is 5.69 Å². The van der Waals surface area contributed by atoms with Crippen molar-refractivity contribution in [2.75, 3.05) is 18.5 Å². The molecule has 110 valence electrons. The summed E-state index contributed by atoms with van der Waals surface area (Å²) in [6.07, 6.45) is 3.41. The number of fused-ring (bicyclic) bond motifs is 1. The molecule has 1 aromatic rings. The maximum absolute atomic E-state index is 13.0. The zero-order valence-electron chi connectivity index (χ0n) is 10.8. The number of carboxylic acids is 1. The third-order valence-electron chi connectivity index (χ3n) is 3.28. The van der Waals surface area contributed by atoms with Crippen LogP contribution in [0, 0.1) is 0 Å². The SMILES string of the molecule is O=C(O)c1cc2c(nc1NCC(F)(F)CO)CCCC2. The second kappa shape index (κ2) is 5.70. The molecule has 3 N–H and O–H groups in total. The number of rotatable bonds is 5. The first kappa shape index (κ1) is 14.6. The van der Waals surface area contributed by atoms with Crippen molar-refractivity contribution in [1.82, 2.24) is 4.98 Å². The summed E-state index contributed by atoms with van der Waals surface area (Å²) in [5.74, 6) is -4.58. The van der Waals surface area contributed by atoms with Gasteiger partial charge in [-0.25, -0.2) is 18.6 Å². The fourth-order valence-corrected chi connectivity index (χ4v) is 2.20. The predicted molar refractivity (Wildman–Crippen MR) is 68.4 cm³/mol. The molecule has 0 amide bonds. The number of carbonyl (C=O) groups is 1. The van der Waals surface area contributed by atoms with Crippen LogP contribution in [0.3, 0.4) is 0 Å². The molecule has 0 saturated heterocycles. The van der Waals surface area contributed by atoms with Crippen LogP contribution < -0.4 is 5.32 Å². The van der Waals surface area contributed by atoms with Gasteiger partial charge in [-0.2, -0.15) is 0 Å². The molecule has 1 aromatic heterocycles. The van der Waals surface area contributed by atoms with Gasteiger partial charge in [-0.3, -0.25) is 0 Å². The lowest BCUT2D eigenvalue weighted by atomic mass is 9.94. The van der Waals surface area contributed by atoms with E-state index in [0.717, 1.165) is 36.9 Å². The molecular weight excluding hydrogens is 270 g/mol. The van der Waals surface area contributed by atoms with Crippen molar-refractivity contribution in [1.29, 1.82) is 0 Å². The van der Waals surface area contributed by atoms with Crippen LogP contribution in [0.15, 0.2) is 6.07 Å². The van der Waals surface area contributed by atoms with Crippen LogP contribution in [-0.4, -0.2) is 40.2 Å². The quantitative estimate of drug-likeness (QED) is 0.767. The van der Waals surface area contributed by atoms with Gasteiger partial charge in [0.05, 0.1) is 6.54 Å². The molecule has 1 heterocycles. The normalized spacial score (nSPS) is 14.8. The minimum atomic E-state index is -3.31. The van der Waals surface area contributed by atoms with Gasteiger partial charge < -0.3 is 15.5 Å². The zero-order chi connectivity index (χ0) is 14.8. The molecule has 0 fully saturated rings. The zero-order valence-corrected chi connectivity index (χ0v) is 10.8. The predicted octanol–water partition coefficient (Wildman–Crippen LogP) is 1.70. The Morgan fingerprint density at radius 1 is 1.40 bits per heavy atom. The van der Waals surface area contributed by atoms with Crippen LogP contribution in [0.1, 0.15) is 34.5 Å². The van der Waals surface area contributed by atoms with E-state index in [2.05, 4.69) is 10.3 Å². The number of aromatic carboxylic acids is 1. The first-order valence-corrected chi connectivity index (χ1v) is 6.41. The van der Waals surface area contributed by atoms with Crippen molar-refractivity contribution >= 4 is 11.8 Å². The van der Waals surface area contributed by atoms with Crippen LogP contribution >= 0.6 is 0 Å². The molecule has 0 aromatic carbocycles. The number of alkyl halides is 2. The summed E-state index contributed by atoms with van der Waals surface area (Å²) in [7, 11) is 0. The maximum Gasteiger partial charge on any atom is 0.339 e. The highest BCUT2D eigenvalue weighted by Crippen LogP contribution is 2.25. The van der Waals surface area contributed by atoms with Crippen molar-refractivity contribution in [3.8, 4) is 0 Å². The number of aliphatic hydroxyl groups is 1. The Kier molecular flexibility index (Phi) is 4.17. The van der Waals surface area contributed by atoms with Crippen LogP contribution in [0.2, 0.25) is 0 Å². The van der Waals surface area contributed by atoms with E-state index in [1.807, 2.05) is 0 Å². The highest BCUT2D eigenvalue weighted by atomic mass is 19.3. The number of hydrogen-bond acceptors (Lipinski definition) is 4. The van der Waals surface area contributed by atoms with Gasteiger partial charge in [0.2, 0.25) is 0 Å². The first-order valence-electron chi connectivity index (χ1n) is 6.41. The average molecular weight is 286 g/mol. The van der Waals surface area contributed by atoms with Crippen molar-refractivity contribution < 1.29 is 23.8 Å². The summed E-state index contributed by atoms with van der Waals surface area (Å²) in [6.45, 7) is -2.15. The third-order valence-corrected chi connectivity index (χ3v) is 3.28. The fourth-order valence-electron chi connectivity index (χ4n) is 2.20. The number of anilines is 1. The van der Waals surface area contributed by atoms with Crippen LogP contribution in [-0.2, 0) is 12.8 Å². The number of nitrogens with zero attached hydrogens (tertiary/aromatic N) is 1. The molecule has 0 spiro atoms. The number of carboxylic acid groups (broad SMARTS) is 1. The summed E-state index contributed by atoms with van der Waals surface area (Å²) >= 11 is 0. The van der Waals surface area contributed by atoms with Gasteiger partial charge in [0.15, 0.2) is 0 Å².